The summed E-state index contributed by atoms with van der Waals surface area (Å²) in [4.78, 5) is 10.9. The van der Waals surface area contributed by atoms with Crippen LogP contribution in [0.15, 0.2) is 54.6 Å². The number of aromatic nitrogens is 2. The molecular formula is C20H20N6. The number of para-hydroxylation sites is 1. The molecule has 0 aliphatic heterocycles. The SMILES string of the molecule is Cc1nc(Nc2ccc(N(C)C)cc2)cc(Nc2ccccc2C#N)n1. The lowest BCUT2D eigenvalue weighted by atomic mass is 10.2. The van der Waals surface area contributed by atoms with Gasteiger partial charge in [-0.15, -0.1) is 0 Å². The standard InChI is InChI=1S/C20H20N6/c1-14-22-19(24-16-8-10-17(11-9-16)26(2)3)12-20(23-14)25-18-7-5-4-6-15(18)13-21/h4-12H,1-3H3,(H2,22,23,24,25). The van der Waals surface area contributed by atoms with E-state index in [0.717, 1.165) is 17.1 Å². The number of nitriles is 1. The molecule has 0 unspecified atom stereocenters. The van der Waals surface area contributed by atoms with Gasteiger partial charge in [-0.3, -0.25) is 0 Å². The normalized spacial score (nSPS) is 10.1. The minimum absolute atomic E-state index is 0.567. The summed E-state index contributed by atoms with van der Waals surface area (Å²) in [7, 11) is 4.01. The van der Waals surface area contributed by atoms with E-state index >= 15 is 0 Å². The highest BCUT2D eigenvalue weighted by molar-refractivity contribution is 5.67. The molecule has 0 amide bonds. The summed E-state index contributed by atoms with van der Waals surface area (Å²) in [6, 6.07) is 19.4. The number of anilines is 5. The van der Waals surface area contributed by atoms with Crippen LogP contribution in [0.1, 0.15) is 11.4 Å². The number of rotatable bonds is 5. The molecule has 130 valence electrons. The molecule has 0 aliphatic carbocycles. The second-order valence-corrected chi connectivity index (χ2v) is 6.03. The first kappa shape index (κ1) is 17.2. The van der Waals surface area contributed by atoms with E-state index in [1.807, 2.05) is 74.4 Å². The predicted octanol–water partition coefficient (Wildman–Crippen LogP) is 4.21. The van der Waals surface area contributed by atoms with Gasteiger partial charge >= 0.3 is 0 Å². The van der Waals surface area contributed by atoms with Crippen molar-refractivity contribution in [2.45, 2.75) is 6.92 Å². The Kier molecular flexibility index (Phi) is 4.99. The number of nitrogens with zero attached hydrogens (tertiary/aromatic N) is 4. The second-order valence-electron chi connectivity index (χ2n) is 6.03. The lowest BCUT2D eigenvalue weighted by Gasteiger charge is -2.14. The Balaban J connectivity index is 1.82. The van der Waals surface area contributed by atoms with Crippen LogP contribution in [-0.2, 0) is 0 Å². The van der Waals surface area contributed by atoms with Crippen molar-refractivity contribution in [3.05, 3.63) is 66.0 Å². The van der Waals surface area contributed by atoms with Crippen molar-refractivity contribution in [2.24, 2.45) is 0 Å². The first-order valence-corrected chi connectivity index (χ1v) is 8.21. The third kappa shape index (κ3) is 4.08. The van der Waals surface area contributed by atoms with Gasteiger partial charge in [-0.2, -0.15) is 5.26 Å². The van der Waals surface area contributed by atoms with Crippen LogP contribution >= 0.6 is 0 Å². The fourth-order valence-electron chi connectivity index (χ4n) is 2.51. The molecule has 1 aromatic heterocycles. The Morgan fingerprint density at radius 3 is 2.23 bits per heavy atom. The molecule has 0 saturated carbocycles. The van der Waals surface area contributed by atoms with Gasteiger partial charge in [0.05, 0.1) is 11.3 Å². The fraction of sp³-hybridized carbons (Fsp3) is 0.150. The number of hydrogen-bond acceptors (Lipinski definition) is 6. The molecular weight excluding hydrogens is 324 g/mol. The number of aryl methyl sites for hydroxylation is 1. The summed E-state index contributed by atoms with van der Waals surface area (Å²) < 4.78 is 0. The zero-order valence-corrected chi connectivity index (χ0v) is 15.0. The van der Waals surface area contributed by atoms with Crippen molar-refractivity contribution in [3.8, 4) is 6.07 Å². The average molecular weight is 344 g/mol. The van der Waals surface area contributed by atoms with Crippen LogP contribution in [0.25, 0.3) is 0 Å². The third-order valence-corrected chi connectivity index (χ3v) is 3.80. The molecule has 0 fully saturated rings. The molecule has 3 aromatic rings. The number of hydrogen-bond donors (Lipinski definition) is 2. The van der Waals surface area contributed by atoms with Crippen LogP contribution in [0.4, 0.5) is 28.7 Å². The lowest BCUT2D eigenvalue weighted by Crippen LogP contribution is -2.08. The second kappa shape index (κ2) is 7.53. The van der Waals surface area contributed by atoms with Gasteiger partial charge in [-0.05, 0) is 43.3 Å². The van der Waals surface area contributed by atoms with Crippen molar-refractivity contribution >= 4 is 28.7 Å². The highest BCUT2D eigenvalue weighted by atomic mass is 15.1. The molecule has 0 saturated heterocycles. The van der Waals surface area contributed by atoms with Gasteiger partial charge in [0.2, 0.25) is 0 Å². The summed E-state index contributed by atoms with van der Waals surface area (Å²) in [6.07, 6.45) is 0. The summed E-state index contributed by atoms with van der Waals surface area (Å²) in [6.45, 7) is 1.84. The van der Waals surface area contributed by atoms with Gasteiger partial charge in [0.1, 0.15) is 23.5 Å². The maximum atomic E-state index is 9.22. The summed E-state index contributed by atoms with van der Waals surface area (Å²) >= 11 is 0. The van der Waals surface area contributed by atoms with Gasteiger partial charge < -0.3 is 15.5 Å². The van der Waals surface area contributed by atoms with E-state index in [1.165, 1.54) is 0 Å². The number of nitrogens with one attached hydrogen (secondary N) is 2. The Bertz CT molecular complexity index is 941. The van der Waals surface area contributed by atoms with E-state index in [4.69, 9.17) is 0 Å². The van der Waals surface area contributed by atoms with Crippen molar-refractivity contribution < 1.29 is 0 Å². The van der Waals surface area contributed by atoms with Crippen LogP contribution in [0.5, 0.6) is 0 Å². The maximum Gasteiger partial charge on any atom is 0.136 e. The maximum absolute atomic E-state index is 9.22. The molecule has 3 rings (SSSR count). The van der Waals surface area contributed by atoms with Gasteiger partial charge in [0.15, 0.2) is 0 Å². The summed E-state index contributed by atoms with van der Waals surface area (Å²) in [5, 5.41) is 15.7. The minimum Gasteiger partial charge on any atom is -0.378 e. The third-order valence-electron chi connectivity index (χ3n) is 3.80. The average Bonchev–Trinajstić information content (AvgIpc) is 2.62. The molecule has 0 bridgehead atoms. The largest absolute Gasteiger partial charge is 0.378 e. The van der Waals surface area contributed by atoms with E-state index in [2.05, 4.69) is 26.7 Å². The first-order valence-electron chi connectivity index (χ1n) is 8.21. The highest BCUT2D eigenvalue weighted by Crippen LogP contribution is 2.23. The minimum atomic E-state index is 0.567. The molecule has 2 N–H and O–H groups in total. The van der Waals surface area contributed by atoms with E-state index in [-0.39, 0.29) is 0 Å². The molecule has 0 spiro atoms. The molecule has 1 heterocycles. The Labute approximate surface area is 153 Å². The van der Waals surface area contributed by atoms with E-state index in [9.17, 15) is 5.26 Å². The molecule has 0 aliphatic rings. The molecule has 26 heavy (non-hydrogen) atoms. The van der Waals surface area contributed by atoms with Gasteiger partial charge in [0, 0.05) is 31.5 Å². The van der Waals surface area contributed by atoms with Crippen molar-refractivity contribution in [3.63, 3.8) is 0 Å². The first-order chi connectivity index (χ1) is 12.5. The van der Waals surface area contributed by atoms with Gasteiger partial charge in [-0.1, -0.05) is 12.1 Å². The van der Waals surface area contributed by atoms with Crippen LogP contribution in [0, 0.1) is 18.3 Å². The highest BCUT2D eigenvalue weighted by Gasteiger charge is 2.06. The summed E-state index contributed by atoms with van der Waals surface area (Å²) in [5.41, 5.74) is 3.36. The molecule has 6 heteroatoms. The van der Waals surface area contributed by atoms with Crippen LogP contribution in [-0.4, -0.2) is 24.1 Å². The van der Waals surface area contributed by atoms with Gasteiger partial charge in [-0.25, -0.2) is 9.97 Å². The molecule has 0 radical (unpaired) electrons. The molecule has 2 aromatic carbocycles. The van der Waals surface area contributed by atoms with E-state index in [1.54, 1.807) is 6.07 Å². The van der Waals surface area contributed by atoms with Gasteiger partial charge in [0.25, 0.3) is 0 Å². The van der Waals surface area contributed by atoms with Crippen LogP contribution < -0.4 is 15.5 Å². The van der Waals surface area contributed by atoms with E-state index < -0.39 is 0 Å². The summed E-state index contributed by atoms with van der Waals surface area (Å²) in [5.74, 6) is 1.96. The Morgan fingerprint density at radius 1 is 0.923 bits per heavy atom. The smallest absolute Gasteiger partial charge is 0.136 e. The van der Waals surface area contributed by atoms with Crippen LogP contribution in [0.3, 0.4) is 0 Å². The topological polar surface area (TPSA) is 76.9 Å². The van der Waals surface area contributed by atoms with Crippen molar-refractivity contribution in [2.75, 3.05) is 29.6 Å². The number of benzene rings is 2. The zero-order valence-electron chi connectivity index (χ0n) is 15.0. The predicted molar refractivity (Wildman–Crippen MR) is 105 cm³/mol. The zero-order chi connectivity index (χ0) is 18.5. The van der Waals surface area contributed by atoms with Crippen LogP contribution in [0.2, 0.25) is 0 Å². The fourth-order valence-corrected chi connectivity index (χ4v) is 2.51. The Hall–Kier alpha value is -3.59. The van der Waals surface area contributed by atoms with Crippen molar-refractivity contribution in [1.82, 2.24) is 9.97 Å². The quantitative estimate of drug-likeness (QED) is 0.722. The van der Waals surface area contributed by atoms with Crippen molar-refractivity contribution in [1.29, 1.82) is 5.26 Å². The van der Waals surface area contributed by atoms with E-state index in [0.29, 0.717) is 23.0 Å². The molecule has 0 atom stereocenters. The molecule has 6 nitrogen and oxygen atoms in total. The monoisotopic (exact) mass is 344 g/mol. The Morgan fingerprint density at radius 2 is 1.58 bits per heavy atom. The lowest BCUT2D eigenvalue weighted by molar-refractivity contribution is 1.06.